The van der Waals surface area contributed by atoms with Crippen LogP contribution in [0, 0.1) is 23.6 Å². The molecule has 4 rings (SSSR count). The van der Waals surface area contributed by atoms with E-state index in [4.69, 9.17) is 0 Å². The average Bonchev–Trinajstić information content (AvgIpc) is 3.31. The molecule has 1 heterocycles. The lowest BCUT2D eigenvalue weighted by molar-refractivity contribution is -0.121. The van der Waals surface area contributed by atoms with Crippen molar-refractivity contribution in [3.63, 3.8) is 0 Å². The van der Waals surface area contributed by atoms with Crippen molar-refractivity contribution < 1.29 is 9.18 Å². The molecule has 0 radical (unpaired) electrons. The van der Waals surface area contributed by atoms with Gasteiger partial charge < -0.3 is 5.32 Å². The van der Waals surface area contributed by atoms with E-state index < -0.39 is 0 Å². The number of fused-ring (bicyclic) bond motifs is 2. The van der Waals surface area contributed by atoms with Gasteiger partial charge in [-0.25, -0.2) is 9.37 Å². The summed E-state index contributed by atoms with van der Waals surface area (Å²) in [6.07, 6.45) is 5.62. The van der Waals surface area contributed by atoms with Crippen LogP contribution in [0.25, 0.3) is 10.6 Å². The molecule has 2 aromatic rings. The van der Waals surface area contributed by atoms with Crippen LogP contribution >= 0.6 is 11.3 Å². The van der Waals surface area contributed by atoms with Gasteiger partial charge >= 0.3 is 0 Å². The standard InChI is InChI=1S/C20H23FN2OS/c1-12(18-8-13-5-6-14(18)7-13)22-19(24)10-17-11-25-20(23-17)15-3-2-4-16(21)9-15/h2-4,9,11-14,18H,5-8,10H2,1H3,(H,22,24)/t12-,13-,14-,18+/m1/s1. The van der Waals surface area contributed by atoms with Gasteiger partial charge in [0, 0.05) is 17.0 Å². The Morgan fingerprint density at radius 3 is 3.00 bits per heavy atom. The summed E-state index contributed by atoms with van der Waals surface area (Å²) in [5.74, 6) is 2.10. The number of hydrogen-bond donors (Lipinski definition) is 1. The quantitative estimate of drug-likeness (QED) is 0.859. The zero-order chi connectivity index (χ0) is 17.4. The number of carbonyl (C=O) groups excluding carboxylic acids is 1. The van der Waals surface area contributed by atoms with E-state index >= 15 is 0 Å². The lowest BCUT2D eigenvalue weighted by Gasteiger charge is -2.28. The van der Waals surface area contributed by atoms with Crippen molar-refractivity contribution >= 4 is 17.2 Å². The van der Waals surface area contributed by atoms with Crippen LogP contribution in [-0.2, 0) is 11.2 Å². The molecule has 0 spiro atoms. The summed E-state index contributed by atoms with van der Waals surface area (Å²) in [6, 6.07) is 6.64. The number of carbonyl (C=O) groups is 1. The van der Waals surface area contributed by atoms with Crippen molar-refractivity contribution in [3.05, 3.63) is 41.2 Å². The maximum Gasteiger partial charge on any atom is 0.226 e. The molecule has 2 saturated carbocycles. The zero-order valence-corrected chi connectivity index (χ0v) is 15.2. The number of amides is 1. The molecule has 25 heavy (non-hydrogen) atoms. The van der Waals surface area contributed by atoms with Gasteiger partial charge in [0.2, 0.25) is 5.91 Å². The van der Waals surface area contributed by atoms with Crippen molar-refractivity contribution in [2.24, 2.45) is 17.8 Å². The van der Waals surface area contributed by atoms with Crippen molar-refractivity contribution in [2.45, 2.75) is 45.1 Å². The topological polar surface area (TPSA) is 42.0 Å². The highest BCUT2D eigenvalue weighted by Gasteiger charge is 2.42. The Bertz CT molecular complexity index is 775. The Morgan fingerprint density at radius 1 is 1.40 bits per heavy atom. The Kier molecular flexibility index (Phi) is 4.59. The van der Waals surface area contributed by atoms with Crippen LogP contribution in [-0.4, -0.2) is 16.9 Å². The Hall–Kier alpha value is -1.75. The lowest BCUT2D eigenvalue weighted by Crippen LogP contribution is -2.40. The third-order valence-electron chi connectivity index (χ3n) is 5.79. The smallest absolute Gasteiger partial charge is 0.226 e. The third kappa shape index (κ3) is 3.61. The molecule has 2 aliphatic rings. The monoisotopic (exact) mass is 358 g/mol. The molecule has 2 aliphatic carbocycles. The molecule has 132 valence electrons. The fourth-order valence-electron chi connectivity index (χ4n) is 4.63. The predicted molar refractivity (Wildman–Crippen MR) is 97.8 cm³/mol. The van der Waals surface area contributed by atoms with Gasteiger partial charge in [-0.15, -0.1) is 11.3 Å². The highest BCUT2D eigenvalue weighted by molar-refractivity contribution is 7.13. The molecular weight excluding hydrogens is 335 g/mol. The number of rotatable bonds is 5. The molecule has 1 amide bonds. The number of benzene rings is 1. The first-order valence-electron chi connectivity index (χ1n) is 9.08. The fraction of sp³-hybridized carbons (Fsp3) is 0.500. The SMILES string of the molecule is C[C@@H](NC(=O)Cc1csc(-c2cccc(F)c2)n1)[C@@H]1C[C@@H]2CC[C@@H]1C2. The molecule has 2 bridgehead atoms. The fourth-order valence-corrected chi connectivity index (χ4v) is 5.44. The van der Waals surface area contributed by atoms with Crippen LogP contribution in [0.1, 0.15) is 38.3 Å². The minimum absolute atomic E-state index is 0.0337. The van der Waals surface area contributed by atoms with Crippen LogP contribution in [0.15, 0.2) is 29.6 Å². The average molecular weight is 358 g/mol. The van der Waals surface area contributed by atoms with E-state index in [0.717, 1.165) is 28.1 Å². The highest BCUT2D eigenvalue weighted by Crippen LogP contribution is 2.49. The number of nitrogens with one attached hydrogen (secondary N) is 1. The van der Waals surface area contributed by atoms with Crippen LogP contribution in [0.3, 0.4) is 0 Å². The summed E-state index contributed by atoms with van der Waals surface area (Å²) in [4.78, 5) is 16.9. The second kappa shape index (κ2) is 6.87. The van der Waals surface area contributed by atoms with E-state index in [-0.39, 0.29) is 24.2 Å². The normalized spacial score (nSPS) is 25.9. The van der Waals surface area contributed by atoms with Crippen molar-refractivity contribution in [1.29, 1.82) is 0 Å². The molecule has 3 nitrogen and oxygen atoms in total. The Balaban J connectivity index is 1.35. The van der Waals surface area contributed by atoms with E-state index in [2.05, 4.69) is 17.2 Å². The minimum Gasteiger partial charge on any atom is -0.353 e. The Labute approximate surface area is 151 Å². The first-order chi connectivity index (χ1) is 12.1. The summed E-state index contributed by atoms with van der Waals surface area (Å²) in [6.45, 7) is 2.14. The van der Waals surface area contributed by atoms with E-state index in [1.165, 1.54) is 49.2 Å². The van der Waals surface area contributed by atoms with Gasteiger partial charge in [0.25, 0.3) is 0 Å². The van der Waals surface area contributed by atoms with E-state index in [1.54, 1.807) is 6.07 Å². The first kappa shape index (κ1) is 16.7. The van der Waals surface area contributed by atoms with Crippen molar-refractivity contribution in [2.75, 3.05) is 0 Å². The molecule has 1 aromatic heterocycles. The maximum absolute atomic E-state index is 13.3. The van der Waals surface area contributed by atoms with Crippen molar-refractivity contribution in [1.82, 2.24) is 10.3 Å². The summed E-state index contributed by atoms with van der Waals surface area (Å²) in [5.41, 5.74) is 1.51. The lowest BCUT2D eigenvalue weighted by atomic mass is 9.84. The second-order valence-corrected chi connectivity index (χ2v) is 8.38. The van der Waals surface area contributed by atoms with E-state index in [9.17, 15) is 9.18 Å². The second-order valence-electron chi connectivity index (χ2n) is 7.53. The van der Waals surface area contributed by atoms with Crippen LogP contribution in [0.2, 0.25) is 0 Å². The molecule has 1 N–H and O–H groups in total. The highest BCUT2D eigenvalue weighted by atomic mass is 32.1. The van der Waals surface area contributed by atoms with Crippen LogP contribution in [0.5, 0.6) is 0 Å². The van der Waals surface area contributed by atoms with Gasteiger partial charge in [0.05, 0.1) is 12.1 Å². The van der Waals surface area contributed by atoms with Gasteiger partial charge in [-0.2, -0.15) is 0 Å². The van der Waals surface area contributed by atoms with Crippen molar-refractivity contribution in [3.8, 4) is 10.6 Å². The van der Waals surface area contributed by atoms with Crippen LogP contribution in [0.4, 0.5) is 4.39 Å². The number of hydrogen-bond acceptors (Lipinski definition) is 3. The summed E-state index contributed by atoms with van der Waals surface area (Å²) in [5, 5.41) is 5.82. The molecule has 1 aromatic carbocycles. The summed E-state index contributed by atoms with van der Waals surface area (Å²) in [7, 11) is 0. The van der Waals surface area contributed by atoms with E-state index in [1.807, 2.05) is 11.4 Å². The number of thiazole rings is 1. The zero-order valence-electron chi connectivity index (χ0n) is 14.4. The molecule has 0 aliphatic heterocycles. The molecule has 0 unspecified atom stereocenters. The summed E-state index contributed by atoms with van der Waals surface area (Å²) < 4.78 is 13.3. The van der Waals surface area contributed by atoms with Gasteiger partial charge in [0.1, 0.15) is 10.8 Å². The Morgan fingerprint density at radius 2 is 2.28 bits per heavy atom. The van der Waals surface area contributed by atoms with E-state index in [0.29, 0.717) is 5.92 Å². The molecule has 5 heteroatoms. The number of nitrogens with zero attached hydrogens (tertiary/aromatic N) is 1. The predicted octanol–water partition coefficient (Wildman–Crippen LogP) is 4.43. The van der Waals surface area contributed by atoms with Crippen LogP contribution < -0.4 is 5.32 Å². The largest absolute Gasteiger partial charge is 0.353 e. The number of halogens is 1. The number of aromatic nitrogens is 1. The minimum atomic E-state index is -0.272. The maximum atomic E-state index is 13.3. The first-order valence-corrected chi connectivity index (χ1v) is 9.96. The van der Waals surface area contributed by atoms with Gasteiger partial charge in [-0.1, -0.05) is 18.6 Å². The molecule has 2 fully saturated rings. The molecular formula is C20H23FN2OS. The van der Waals surface area contributed by atoms with Gasteiger partial charge in [-0.05, 0) is 56.1 Å². The molecule has 0 saturated heterocycles. The van der Waals surface area contributed by atoms with Gasteiger partial charge in [-0.3, -0.25) is 4.79 Å². The summed E-state index contributed by atoms with van der Waals surface area (Å²) >= 11 is 1.45. The molecule has 4 atom stereocenters. The third-order valence-corrected chi connectivity index (χ3v) is 6.73. The van der Waals surface area contributed by atoms with Gasteiger partial charge in [0.15, 0.2) is 0 Å².